The molecule has 0 spiro atoms. The molecule has 0 bridgehead atoms. The van der Waals surface area contributed by atoms with Gasteiger partial charge in [-0.25, -0.2) is 9.97 Å². The Morgan fingerprint density at radius 1 is 1.24 bits per heavy atom. The van der Waals surface area contributed by atoms with Gasteiger partial charge < -0.3 is 4.90 Å². The van der Waals surface area contributed by atoms with Crippen molar-refractivity contribution in [3.63, 3.8) is 0 Å². The van der Waals surface area contributed by atoms with Crippen molar-refractivity contribution in [1.29, 1.82) is 0 Å². The van der Waals surface area contributed by atoms with Gasteiger partial charge in [-0.2, -0.15) is 0 Å². The van der Waals surface area contributed by atoms with Crippen LogP contribution in [0.25, 0.3) is 11.4 Å². The molecule has 1 saturated heterocycles. The average molecular weight is 338 g/mol. The molecule has 1 amide bonds. The Balaban J connectivity index is 1.42. The number of hydrogen-bond acceptors (Lipinski definition) is 6. The molecule has 2 aromatic rings. The normalized spacial score (nSPS) is 24.9. The number of fused-ring (bicyclic) bond motifs is 1. The molecular weight excluding hydrogens is 316 g/mol. The van der Waals surface area contributed by atoms with E-state index in [0.717, 1.165) is 5.56 Å². The molecule has 0 radical (unpaired) electrons. The zero-order valence-electron chi connectivity index (χ0n) is 14.2. The van der Waals surface area contributed by atoms with Crippen LogP contribution in [0.3, 0.4) is 0 Å². The highest BCUT2D eigenvalue weighted by Gasteiger charge is 2.39. The van der Waals surface area contributed by atoms with E-state index in [4.69, 9.17) is 0 Å². The van der Waals surface area contributed by atoms with Crippen LogP contribution in [0, 0.1) is 5.92 Å². The van der Waals surface area contributed by atoms with Gasteiger partial charge in [0, 0.05) is 56.0 Å². The van der Waals surface area contributed by atoms with Gasteiger partial charge in [0.2, 0.25) is 0 Å². The van der Waals surface area contributed by atoms with E-state index in [1.165, 1.54) is 19.3 Å². The van der Waals surface area contributed by atoms with E-state index < -0.39 is 0 Å². The van der Waals surface area contributed by atoms with Crippen LogP contribution in [0.15, 0.2) is 36.9 Å². The van der Waals surface area contributed by atoms with Crippen LogP contribution in [0.2, 0.25) is 0 Å². The first-order chi connectivity index (χ1) is 12.2. The van der Waals surface area contributed by atoms with Crippen molar-refractivity contribution in [3.05, 3.63) is 42.5 Å². The van der Waals surface area contributed by atoms with Crippen LogP contribution in [0.4, 0.5) is 0 Å². The molecule has 1 saturated carbocycles. The second kappa shape index (κ2) is 6.85. The van der Waals surface area contributed by atoms with Crippen LogP contribution in [0.1, 0.15) is 29.6 Å². The van der Waals surface area contributed by atoms with Gasteiger partial charge in [-0.05, 0) is 30.9 Å². The smallest absolute Gasteiger partial charge is 0.256 e. The van der Waals surface area contributed by atoms with Gasteiger partial charge in [-0.1, -0.05) is 6.42 Å². The van der Waals surface area contributed by atoms with Crippen molar-refractivity contribution in [2.75, 3.05) is 13.6 Å². The van der Waals surface area contributed by atoms with Crippen molar-refractivity contribution in [2.45, 2.75) is 31.3 Å². The predicted octanol–water partition coefficient (Wildman–Crippen LogP) is 1.26. The fourth-order valence-electron chi connectivity index (χ4n) is 3.83. The highest BCUT2D eigenvalue weighted by Crippen LogP contribution is 2.31. The number of aromatic nitrogens is 3. The van der Waals surface area contributed by atoms with Crippen LogP contribution in [-0.2, 0) is 0 Å². The monoisotopic (exact) mass is 338 g/mol. The third kappa shape index (κ3) is 3.25. The lowest BCUT2D eigenvalue weighted by Gasteiger charge is -2.24. The molecule has 3 atom stereocenters. The lowest BCUT2D eigenvalue weighted by Crippen LogP contribution is -2.43. The largest absolute Gasteiger partial charge is 0.340 e. The molecule has 4 rings (SSSR count). The first kappa shape index (κ1) is 16.1. The van der Waals surface area contributed by atoms with E-state index in [-0.39, 0.29) is 5.91 Å². The highest BCUT2D eigenvalue weighted by atomic mass is 16.2. The molecule has 2 aliphatic rings. The Labute approximate surface area is 146 Å². The summed E-state index contributed by atoms with van der Waals surface area (Å²) in [6.45, 7) is 0.678. The summed E-state index contributed by atoms with van der Waals surface area (Å²) in [5, 5.41) is 0. The molecule has 2 N–H and O–H groups in total. The summed E-state index contributed by atoms with van der Waals surface area (Å²) in [5.41, 5.74) is 8.04. The minimum Gasteiger partial charge on any atom is -0.340 e. The number of nitrogens with zero attached hydrogens (tertiary/aromatic N) is 4. The number of pyridine rings is 1. The summed E-state index contributed by atoms with van der Waals surface area (Å²) >= 11 is 0. The van der Waals surface area contributed by atoms with Gasteiger partial charge in [0.25, 0.3) is 5.91 Å². The van der Waals surface area contributed by atoms with Crippen molar-refractivity contribution in [3.8, 4) is 11.4 Å². The summed E-state index contributed by atoms with van der Waals surface area (Å²) in [7, 11) is 1.83. The first-order valence-corrected chi connectivity index (χ1v) is 8.71. The highest BCUT2D eigenvalue weighted by molar-refractivity contribution is 5.93. The Kier molecular flexibility index (Phi) is 4.42. The minimum absolute atomic E-state index is 0.0546. The number of hydrogen-bond donors (Lipinski definition) is 2. The molecule has 0 aromatic carbocycles. The van der Waals surface area contributed by atoms with Gasteiger partial charge in [0.1, 0.15) is 0 Å². The molecule has 7 heteroatoms. The van der Waals surface area contributed by atoms with Crippen molar-refractivity contribution in [1.82, 2.24) is 30.7 Å². The molecule has 2 fully saturated rings. The van der Waals surface area contributed by atoms with Crippen molar-refractivity contribution >= 4 is 5.91 Å². The first-order valence-electron chi connectivity index (χ1n) is 8.71. The topological polar surface area (TPSA) is 83.0 Å². The Hall–Kier alpha value is -2.38. The SMILES string of the molecule is CN(CC1NNC2CCCC21)C(=O)c1cnc(-c2cccnc2)nc1. The van der Waals surface area contributed by atoms with Gasteiger partial charge in [-0.15, -0.1) is 0 Å². The van der Waals surface area contributed by atoms with E-state index in [1.54, 1.807) is 29.7 Å². The maximum atomic E-state index is 12.7. The lowest BCUT2D eigenvalue weighted by atomic mass is 9.97. The zero-order valence-corrected chi connectivity index (χ0v) is 14.2. The van der Waals surface area contributed by atoms with Crippen LogP contribution in [0.5, 0.6) is 0 Å². The Bertz CT molecular complexity index is 735. The molecule has 25 heavy (non-hydrogen) atoms. The van der Waals surface area contributed by atoms with Crippen molar-refractivity contribution in [2.24, 2.45) is 5.92 Å². The minimum atomic E-state index is -0.0546. The third-order valence-electron chi connectivity index (χ3n) is 5.18. The number of carbonyl (C=O) groups is 1. The standard InChI is InChI=1S/C18H22N6O/c1-24(11-16-14-5-2-6-15(14)22-23-16)18(25)13-9-20-17(21-10-13)12-4-3-7-19-8-12/h3-4,7-10,14-16,22-23H,2,5-6,11H2,1H3. The molecular formula is C18H22N6O. The molecule has 3 heterocycles. The fourth-order valence-corrected chi connectivity index (χ4v) is 3.83. The van der Waals surface area contributed by atoms with E-state index >= 15 is 0 Å². The van der Waals surface area contributed by atoms with Crippen molar-refractivity contribution < 1.29 is 4.79 Å². The number of nitrogens with one attached hydrogen (secondary N) is 2. The van der Waals surface area contributed by atoms with E-state index in [2.05, 4.69) is 25.8 Å². The van der Waals surface area contributed by atoms with Gasteiger partial charge in [-0.3, -0.25) is 20.6 Å². The van der Waals surface area contributed by atoms with Gasteiger partial charge >= 0.3 is 0 Å². The molecule has 1 aliphatic carbocycles. The Morgan fingerprint density at radius 2 is 2.08 bits per heavy atom. The maximum absolute atomic E-state index is 12.7. The molecule has 1 aliphatic heterocycles. The second-order valence-corrected chi connectivity index (χ2v) is 6.82. The average Bonchev–Trinajstić information content (AvgIpc) is 3.27. The van der Waals surface area contributed by atoms with E-state index in [1.807, 2.05) is 19.2 Å². The molecule has 2 aromatic heterocycles. The van der Waals surface area contributed by atoms with Gasteiger partial charge in [0.15, 0.2) is 5.82 Å². The van der Waals surface area contributed by atoms with E-state index in [9.17, 15) is 4.79 Å². The summed E-state index contributed by atoms with van der Waals surface area (Å²) in [4.78, 5) is 27.1. The number of amides is 1. The van der Waals surface area contributed by atoms with E-state index in [0.29, 0.717) is 35.9 Å². The van der Waals surface area contributed by atoms with Gasteiger partial charge in [0.05, 0.1) is 5.56 Å². The summed E-state index contributed by atoms with van der Waals surface area (Å²) in [6.07, 6.45) is 10.3. The van der Waals surface area contributed by atoms with Crippen LogP contribution in [-0.4, -0.2) is 51.4 Å². The number of rotatable bonds is 4. The number of likely N-dealkylation sites (N-methyl/N-ethyl adjacent to an activating group) is 1. The van der Waals surface area contributed by atoms with Crippen LogP contribution < -0.4 is 10.9 Å². The lowest BCUT2D eigenvalue weighted by molar-refractivity contribution is 0.0775. The summed E-state index contributed by atoms with van der Waals surface area (Å²) in [5.74, 6) is 1.13. The zero-order chi connectivity index (χ0) is 17.2. The fraction of sp³-hybridized carbons (Fsp3) is 0.444. The third-order valence-corrected chi connectivity index (χ3v) is 5.18. The summed E-state index contributed by atoms with van der Waals surface area (Å²) < 4.78 is 0. The predicted molar refractivity (Wildman–Crippen MR) is 93.4 cm³/mol. The Morgan fingerprint density at radius 3 is 2.84 bits per heavy atom. The summed E-state index contributed by atoms with van der Waals surface area (Å²) in [6, 6.07) is 4.59. The number of carbonyl (C=O) groups excluding carboxylic acids is 1. The maximum Gasteiger partial charge on any atom is 0.256 e. The quantitative estimate of drug-likeness (QED) is 0.873. The molecule has 130 valence electrons. The van der Waals surface area contributed by atoms with Crippen LogP contribution >= 0.6 is 0 Å². The molecule has 7 nitrogen and oxygen atoms in total. The second-order valence-electron chi connectivity index (χ2n) is 6.82. The molecule has 3 unspecified atom stereocenters. The number of hydrazine groups is 1.